The number of nitrogens with one attached hydrogen (secondary N) is 1. The summed E-state index contributed by atoms with van der Waals surface area (Å²) in [4.78, 5) is 0.219. The first-order valence-corrected chi connectivity index (χ1v) is 8.91. The van der Waals surface area contributed by atoms with Crippen LogP contribution in [0.4, 0.5) is 0 Å². The second-order valence-corrected chi connectivity index (χ2v) is 7.67. The highest BCUT2D eigenvalue weighted by atomic mass is 32.2. The number of thiocarbonyl (C=S) groups is 1. The van der Waals surface area contributed by atoms with E-state index in [0.717, 1.165) is 12.8 Å². The van der Waals surface area contributed by atoms with Crippen LogP contribution in [-0.4, -0.2) is 32.2 Å². The third-order valence-corrected chi connectivity index (χ3v) is 5.74. The quantitative estimate of drug-likeness (QED) is 0.794. The van der Waals surface area contributed by atoms with Gasteiger partial charge in [0.25, 0.3) is 0 Å². The first kappa shape index (κ1) is 14.9. The maximum Gasteiger partial charge on any atom is 0.241 e. The zero-order chi connectivity index (χ0) is 15.0. The van der Waals surface area contributed by atoms with E-state index in [2.05, 4.69) is 4.72 Å². The maximum atomic E-state index is 12.6. The first-order chi connectivity index (χ1) is 9.99. The van der Waals surface area contributed by atoms with Gasteiger partial charge in [-0.2, -0.15) is 0 Å². The van der Waals surface area contributed by atoms with E-state index in [0.29, 0.717) is 24.5 Å². The lowest BCUT2D eigenvalue weighted by atomic mass is 10.1. The molecule has 0 aromatic heterocycles. The minimum Gasteiger partial charge on any atom is -0.389 e. The lowest BCUT2D eigenvalue weighted by Gasteiger charge is -2.20. The average molecular weight is 326 g/mol. The van der Waals surface area contributed by atoms with Gasteiger partial charge >= 0.3 is 0 Å². The van der Waals surface area contributed by atoms with E-state index in [1.54, 1.807) is 18.2 Å². The van der Waals surface area contributed by atoms with Crippen LogP contribution in [0.1, 0.15) is 24.8 Å². The normalized spacial score (nSPS) is 25.9. The molecule has 1 aromatic carbocycles. The van der Waals surface area contributed by atoms with Crippen molar-refractivity contribution in [2.75, 3.05) is 6.61 Å². The summed E-state index contributed by atoms with van der Waals surface area (Å²) in [6.07, 6.45) is 2.94. The van der Waals surface area contributed by atoms with Crippen LogP contribution >= 0.6 is 12.2 Å². The molecule has 5 nitrogen and oxygen atoms in total. The summed E-state index contributed by atoms with van der Waals surface area (Å²) in [5.41, 5.74) is 6.00. The molecule has 1 aromatic rings. The fraction of sp³-hybridized carbons (Fsp3) is 0.500. The van der Waals surface area contributed by atoms with Crippen LogP contribution < -0.4 is 10.5 Å². The molecule has 7 heteroatoms. The summed E-state index contributed by atoms with van der Waals surface area (Å²) in [6, 6.07) is 6.38. The standard InChI is InChI=1S/C14H18N2O3S2/c15-14(20)10-3-1-2-4-12(10)21(17,18)16-11-7-8-19-13(11)9-5-6-9/h1-4,9,11,13,16H,5-8H2,(H2,15,20). The predicted octanol–water partition coefficient (Wildman–Crippen LogP) is 1.17. The molecule has 1 aliphatic heterocycles. The lowest BCUT2D eigenvalue weighted by molar-refractivity contribution is 0.0848. The highest BCUT2D eigenvalue weighted by molar-refractivity contribution is 7.89. The molecule has 3 N–H and O–H groups in total. The van der Waals surface area contributed by atoms with Crippen molar-refractivity contribution in [3.8, 4) is 0 Å². The smallest absolute Gasteiger partial charge is 0.241 e. The average Bonchev–Trinajstić information content (AvgIpc) is 3.19. The number of hydrogen-bond acceptors (Lipinski definition) is 4. The van der Waals surface area contributed by atoms with Gasteiger partial charge in [0.05, 0.1) is 17.0 Å². The highest BCUT2D eigenvalue weighted by Crippen LogP contribution is 2.39. The Kier molecular flexibility index (Phi) is 4.00. The van der Waals surface area contributed by atoms with Crippen LogP contribution in [-0.2, 0) is 14.8 Å². The minimum atomic E-state index is -3.66. The first-order valence-electron chi connectivity index (χ1n) is 7.02. The van der Waals surface area contributed by atoms with Gasteiger partial charge in [0.2, 0.25) is 10.0 Å². The Balaban J connectivity index is 1.85. The highest BCUT2D eigenvalue weighted by Gasteiger charge is 2.42. The van der Waals surface area contributed by atoms with Crippen LogP contribution in [0.3, 0.4) is 0 Å². The van der Waals surface area contributed by atoms with E-state index in [1.807, 2.05) is 0 Å². The number of nitrogens with two attached hydrogens (primary N) is 1. The molecule has 21 heavy (non-hydrogen) atoms. The van der Waals surface area contributed by atoms with Gasteiger partial charge in [-0.15, -0.1) is 0 Å². The van der Waals surface area contributed by atoms with Crippen molar-refractivity contribution in [3.63, 3.8) is 0 Å². The number of ether oxygens (including phenoxy) is 1. The SMILES string of the molecule is NC(=S)c1ccccc1S(=O)(=O)NC1CCOC1C1CC1. The summed E-state index contributed by atoms with van der Waals surface area (Å²) < 4.78 is 33.7. The van der Waals surface area contributed by atoms with Crippen molar-refractivity contribution in [1.29, 1.82) is 0 Å². The summed E-state index contributed by atoms with van der Waals surface area (Å²) in [5.74, 6) is 0.492. The number of rotatable bonds is 5. The van der Waals surface area contributed by atoms with Gasteiger partial charge < -0.3 is 10.5 Å². The van der Waals surface area contributed by atoms with Crippen LogP contribution in [0.15, 0.2) is 29.2 Å². The summed E-state index contributed by atoms with van der Waals surface area (Å²) in [6.45, 7) is 0.602. The molecule has 2 unspecified atom stereocenters. The lowest BCUT2D eigenvalue weighted by Crippen LogP contribution is -2.41. The van der Waals surface area contributed by atoms with Crippen molar-refractivity contribution in [1.82, 2.24) is 4.72 Å². The van der Waals surface area contributed by atoms with Gasteiger partial charge in [0, 0.05) is 12.2 Å². The van der Waals surface area contributed by atoms with E-state index in [4.69, 9.17) is 22.7 Å². The Bertz CT molecular complexity index is 656. The Morgan fingerprint density at radius 3 is 2.67 bits per heavy atom. The van der Waals surface area contributed by atoms with Crippen molar-refractivity contribution >= 4 is 27.2 Å². The van der Waals surface area contributed by atoms with Crippen molar-refractivity contribution < 1.29 is 13.2 Å². The molecule has 1 aliphatic carbocycles. The largest absolute Gasteiger partial charge is 0.389 e. The van der Waals surface area contributed by atoms with Gasteiger partial charge in [0.1, 0.15) is 4.99 Å². The topological polar surface area (TPSA) is 81.4 Å². The van der Waals surface area contributed by atoms with E-state index in [-0.39, 0.29) is 22.0 Å². The molecular weight excluding hydrogens is 308 g/mol. The van der Waals surface area contributed by atoms with Gasteiger partial charge in [-0.05, 0) is 31.2 Å². The molecule has 3 rings (SSSR count). The number of hydrogen-bond donors (Lipinski definition) is 2. The summed E-state index contributed by atoms with van der Waals surface area (Å²) in [7, 11) is -3.66. The zero-order valence-electron chi connectivity index (χ0n) is 11.5. The second kappa shape index (κ2) is 5.64. The molecule has 114 valence electrons. The number of benzene rings is 1. The fourth-order valence-corrected chi connectivity index (χ4v) is 4.54. The van der Waals surface area contributed by atoms with Gasteiger partial charge in [0.15, 0.2) is 0 Å². The van der Waals surface area contributed by atoms with E-state index in [9.17, 15) is 8.42 Å². The number of sulfonamides is 1. The molecule has 0 spiro atoms. The van der Waals surface area contributed by atoms with E-state index in [1.165, 1.54) is 6.07 Å². The molecule has 2 fully saturated rings. The second-order valence-electron chi connectivity index (χ2n) is 5.55. The molecule has 0 amide bonds. The van der Waals surface area contributed by atoms with Gasteiger partial charge in [-0.3, -0.25) is 0 Å². The molecule has 0 bridgehead atoms. The fourth-order valence-electron chi connectivity index (χ4n) is 2.79. The minimum absolute atomic E-state index is 0.00300. The Morgan fingerprint density at radius 1 is 1.29 bits per heavy atom. The van der Waals surface area contributed by atoms with Gasteiger partial charge in [-0.1, -0.05) is 30.4 Å². The zero-order valence-corrected chi connectivity index (χ0v) is 13.1. The molecule has 0 radical (unpaired) electrons. The molecule has 2 aliphatic rings. The molecular formula is C14H18N2O3S2. The van der Waals surface area contributed by atoms with Crippen LogP contribution in [0.25, 0.3) is 0 Å². The Labute approximate surface area is 129 Å². The third-order valence-electron chi connectivity index (χ3n) is 3.97. The van der Waals surface area contributed by atoms with Gasteiger partial charge in [-0.25, -0.2) is 13.1 Å². The Morgan fingerprint density at radius 2 is 2.00 bits per heavy atom. The molecule has 1 saturated heterocycles. The molecule has 1 heterocycles. The van der Waals surface area contributed by atoms with Crippen LogP contribution in [0, 0.1) is 5.92 Å². The Hall–Kier alpha value is -1.02. The van der Waals surface area contributed by atoms with Crippen molar-refractivity contribution in [3.05, 3.63) is 29.8 Å². The van der Waals surface area contributed by atoms with Crippen LogP contribution in [0.2, 0.25) is 0 Å². The van der Waals surface area contributed by atoms with Crippen molar-refractivity contribution in [2.45, 2.75) is 36.3 Å². The van der Waals surface area contributed by atoms with E-state index < -0.39 is 10.0 Å². The van der Waals surface area contributed by atoms with Crippen LogP contribution in [0.5, 0.6) is 0 Å². The van der Waals surface area contributed by atoms with Crippen molar-refractivity contribution in [2.24, 2.45) is 11.7 Å². The summed E-state index contributed by atoms with van der Waals surface area (Å²) in [5, 5.41) is 0. The monoisotopic (exact) mass is 326 g/mol. The predicted molar refractivity (Wildman–Crippen MR) is 83.5 cm³/mol. The molecule has 1 saturated carbocycles. The third kappa shape index (κ3) is 3.11. The van der Waals surface area contributed by atoms with E-state index >= 15 is 0 Å². The summed E-state index contributed by atoms with van der Waals surface area (Å²) >= 11 is 4.94. The maximum absolute atomic E-state index is 12.6. The molecule has 2 atom stereocenters.